The van der Waals surface area contributed by atoms with E-state index in [9.17, 15) is 19.2 Å². The maximum Gasteiger partial charge on any atom is 0.341 e. The first-order valence-electron chi connectivity index (χ1n) is 15.2. The van der Waals surface area contributed by atoms with Gasteiger partial charge in [0.2, 0.25) is 5.91 Å². The van der Waals surface area contributed by atoms with Crippen molar-refractivity contribution in [1.29, 1.82) is 0 Å². The van der Waals surface area contributed by atoms with E-state index < -0.39 is 17.8 Å². The Morgan fingerprint density at radius 1 is 0.870 bits per heavy atom. The average Bonchev–Trinajstić information content (AvgIpc) is 3.24. The quantitative estimate of drug-likeness (QED) is 0.0676. The summed E-state index contributed by atoms with van der Waals surface area (Å²) in [6, 6.07) is 25.1. The van der Waals surface area contributed by atoms with Crippen LogP contribution in [0.5, 0.6) is 0 Å². The number of benzene rings is 3. The van der Waals surface area contributed by atoms with Crippen LogP contribution in [-0.2, 0) is 27.2 Å². The van der Waals surface area contributed by atoms with E-state index in [0.29, 0.717) is 21.8 Å². The number of rotatable bonds is 11. The van der Waals surface area contributed by atoms with E-state index in [4.69, 9.17) is 4.74 Å². The molecule has 1 aliphatic carbocycles. The third-order valence-electron chi connectivity index (χ3n) is 7.26. The van der Waals surface area contributed by atoms with Gasteiger partial charge < -0.3 is 20.7 Å². The van der Waals surface area contributed by atoms with Crippen molar-refractivity contribution in [3.8, 4) is 0 Å². The molecule has 0 radical (unpaired) electrons. The number of carbonyl (C=O) groups excluding carboxylic acids is 4. The molecular weight excluding hydrogens is 619 g/mol. The molecule has 1 aromatic heterocycles. The van der Waals surface area contributed by atoms with E-state index >= 15 is 0 Å². The summed E-state index contributed by atoms with van der Waals surface area (Å²) in [6.07, 6.45) is 6.52. The van der Waals surface area contributed by atoms with Crippen molar-refractivity contribution in [3.05, 3.63) is 118 Å². The molecule has 10 heteroatoms. The van der Waals surface area contributed by atoms with Gasteiger partial charge in [-0.3, -0.25) is 14.4 Å². The van der Waals surface area contributed by atoms with E-state index in [1.165, 1.54) is 23.1 Å². The smallest absolute Gasteiger partial charge is 0.341 e. The van der Waals surface area contributed by atoms with Crippen molar-refractivity contribution in [2.75, 3.05) is 23.0 Å². The Balaban J connectivity index is 1.25. The highest BCUT2D eigenvalue weighted by atomic mass is 32.2. The molecule has 5 rings (SSSR count). The topological polar surface area (TPSA) is 114 Å². The lowest BCUT2D eigenvalue weighted by Gasteiger charge is -2.12. The number of thiophene rings is 1. The first kappa shape index (κ1) is 32.7. The fourth-order valence-corrected chi connectivity index (χ4v) is 7.13. The number of amides is 3. The van der Waals surface area contributed by atoms with Crippen molar-refractivity contribution in [1.82, 2.24) is 5.32 Å². The lowest BCUT2D eigenvalue weighted by atomic mass is 10.1. The van der Waals surface area contributed by atoms with Gasteiger partial charge in [-0.1, -0.05) is 61.0 Å². The molecule has 0 saturated heterocycles. The Kier molecular flexibility index (Phi) is 11.4. The fraction of sp³-hybridized carbons (Fsp3) is 0.222. The molecule has 0 spiro atoms. The monoisotopic (exact) mass is 653 g/mol. The molecule has 236 valence electrons. The number of thioether (sulfide) groups is 1. The number of hydrogen-bond acceptors (Lipinski definition) is 7. The van der Waals surface area contributed by atoms with Crippen molar-refractivity contribution in [2.45, 2.75) is 43.9 Å². The van der Waals surface area contributed by atoms with Gasteiger partial charge >= 0.3 is 5.97 Å². The molecule has 8 nitrogen and oxygen atoms in total. The molecule has 3 amide bonds. The van der Waals surface area contributed by atoms with Gasteiger partial charge in [0.15, 0.2) is 0 Å². The zero-order valence-electron chi connectivity index (χ0n) is 25.5. The van der Waals surface area contributed by atoms with E-state index in [1.807, 2.05) is 42.5 Å². The summed E-state index contributed by atoms with van der Waals surface area (Å²) >= 11 is 2.78. The minimum Gasteiger partial charge on any atom is -0.462 e. The predicted molar refractivity (Wildman–Crippen MR) is 184 cm³/mol. The first-order chi connectivity index (χ1) is 22.4. The Bertz CT molecular complexity index is 1740. The number of aryl methyl sites for hydroxylation is 1. The van der Waals surface area contributed by atoms with Crippen molar-refractivity contribution in [3.63, 3.8) is 0 Å². The van der Waals surface area contributed by atoms with Gasteiger partial charge in [-0.2, -0.15) is 0 Å². The van der Waals surface area contributed by atoms with Gasteiger partial charge in [-0.05, 0) is 80.1 Å². The minimum absolute atomic E-state index is 0.0873. The maximum atomic E-state index is 13.4. The van der Waals surface area contributed by atoms with E-state index in [-0.39, 0.29) is 24.0 Å². The highest BCUT2D eigenvalue weighted by Crippen LogP contribution is 2.38. The molecule has 3 aromatic carbocycles. The average molecular weight is 654 g/mol. The molecule has 0 atom stereocenters. The Labute approximate surface area is 276 Å². The molecule has 4 aromatic rings. The van der Waals surface area contributed by atoms with Crippen LogP contribution in [0.4, 0.5) is 10.7 Å². The predicted octanol–water partition coefficient (Wildman–Crippen LogP) is 7.33. The second kappa shape index (κ2) is 16.1. The number of fused-ring (bicyclic) bond motifs is 1. The number of anilines is 2. The van der Waals surface area contributed by atoms with Crippen LogP contribution in [0.15, 0.2) is 95.5 Å². The summed E-state index contributed by atoms with van der Waals surface area (Å²) in [7, 11) is 0. The summed E-state index contributed by atoms with van der Waals surface area (Å²) in [6.45, 7) is 2.04. The van der Waals surface area contributed by atoms with Gasteiger partial charge in [0, 0.05) is 21.0 Å². The highest BCUT2D eigenvalue weighted by molar-refractivity contribution is 8.00. The molecule has 1 heterocycles. The van der Waals surface area contributed by atoms with Crippen LogP contribution in [0.2, 0.25) is 0 Å². The van der Waals surface area contributed by atoms with Crippen LogP contribution in [-0.4, -0.2) is 36.1 Å². The highest BCUT2D eigenvalue weighted by Gasteiger charge is 2.26. The Hall–Kier alpha value is -4.67. The molecule has 0 bridgehead atoms. The summed E-state index contributed by atoms with van der Waals surface area (Å²) < 4.78 is 5.33. The van der Waals surface area contributed by atoms with Crippen LogP contribution >= 0.6 is 23.1 Å². The second-order valence-electron chi connectivity index (χ2n) is 10.6. The Morgan fingerprint density at radius 3 is 2.37 bits per heavy atom. The number of ether oxygens (including phenoxy) is 1. The van der Waals surface area contributed by atoms with Gasteiger partial charge in [-0.25, -0.2) is 4.79 Å². The zero-order valence-corrected chi connectivity index (χ0v) is 27.1. The fourth-order valence-electron chi connectivity index (χ4n) is 5.08. The lowest BCUT2D eigenvalue weighted by Crippen LogP contribution is -2.30. The molecule has 1 aliphatic rings. The third-order valence-corrected chi connectivity index (χ3v) is 9.46. The normalized spacial score (nSPS) is 12.8. The summed E-state index contributed by atoms with van der Waals surface area (Å²) in [5, 5.41) is 9.11. The van der Waals surface area contributed by atoms with Crippen molar-refractivity contribution >= 4 is 63.6 Å². The number of nitrogens with one attached hydrogen (secondary N) is 3. The van der Waals surface area contributed by atoms with E-state index in [2.05, 4.69) is 16.0 Å². The van der Waals surface area contributed by atoms with Crippen molar-refractivity contribution < 1.29 is 23.9 Å². The van der Waals surface area contributed by atoms with Crippen LogP contribution in [0.1, 0.15) is 62.9 Å². The van der Waals surface area contributed by atoms with Crippen molar-refractivity contribution in [2.24, 2.45) is 0 Å². The number of carbonyl (C=O) groups is 4. The van der Waals surface area contributed by atoms with E-state index in [1.54, 1.807) is 55.5 Å². The lowest BCUT2D eigenvalue weighted by molar-refractivity contribution is -0.114. The number of esters is 1. The second-order valence-corrected chi connectivity index (χ2v) is 12.8. The molecular formula is C36H35N3O5S2. The molecule has 0 aliphatic heterocycles. The molecule has 3 N–H and O–H groups in total. The molecule has 46 heavy (non-hydrogen) atoms. The summed E-state index contributed by atoms with van der Waals surface area (Å²) in [5.74, 6) is -1.42. The number of hydrogen-bond donors (Lipinski definition) is 3. The minimum atomic E-state index is -0.489. The largest absolute Gasteiger partial charge is 0.462 e. The summed E-state index contributed by atoms with van der Waals surface area (Å²) in [5.41, 5.74) is 3.28. The van der Waals surface area contributed by atoms with Gasteiger partial charge in [-0.15, -0.1) is 23.1 Å². The van der Waals surface area contributed by atoms with E-state index in [0.717, 1.165) is 53.0 Å². The zero-order chi connectivity index (χ0) is 32.3. The van der Waals surface area contributed by atoms with Crippen LogP contribution < -0.4 is 16.0 Å². The SMILES string of the molecule is CCOC(=O)c1c(NC(=O)CSc2cccc(NC(=O)/C(=C/c3ccccc3)NC(=O)c3ccccc3)c2)sc2c1CCCCC2. The van der Waals surface area contributed by atoms with Crippen LogP contribution in [0.25, 0.3) is 6.08 Å². The first-order valence-corrected chi connectivity index (χ1v) is 17.0. The van der Waals surface area contributed by atoms with Gasteiger partial charge in [0.1, 0.15) is 10.7 Å². The van der Waals surface area contributed by atoms with Crippen LogP contribution in [0.3, 0.4) is 0 Å². The molecule has 0 saturated carbocycles. The maximum absolute atomic E-state index is 13.4. The summed E-state index contributed by atoms with van der Waals surface area (Å²) in [4.78, 5) is 54.1. The van der Waals surface area contributed by atoms with Crippen LogP contribution in [0, 0.1) is 0 Å². The van der Waals surface area contributed by atoms with Gasteiger partial charge in [0.25, 0.3) is 11.8 Å². The standard InChI is InChI=1S/C36H35N3O5S2/c1-2-44-36(43)32-28-19-10-5-11-20-30(28)46-35(32)39-31(40)23-45-27-18-12-17-26(22-27)37-34(42)29(21-24-13-6-3-7-14-24)38-33(41)25-15-8-4-9-16-25/h3-4,6-9,12-18,21-22H,2,5,10-11,19-20,23H2,1H3,(H,37,42)(H,38,41)(H,39,40)/b29-21-. The third kappa shape index (κ3) is 8.74. The Morgan fingerprint density at radius 2 is 1.61 bits per heavy atom. The van der Waals surface area contributed by atoms with Gasteiger partial charge in [0.05, 0.1) is 17.9 Å². The molecule has 0 fully saturated rings. The molecule has 0 unspecified atom stereocenters.